The first-order chi connectivity index (χ1) is 8.36. The smallest absolute Gasteiger partial charge is 0.327 e. The van der Waals surface area contributed by atoms with Crippen LogP contribution in [0.2, 0.25) is 0 Å². The van der Waals surface area contributed by atoms with Crippen LogP contribution in [0.15, 0.2) is 12.1 Å². The molecule has 0 amide bonds. The van der Waals surface area contributed by atoms with E-state index in [4.69, 9.17) is 5.11 Å². The molecule has 0 saturated carbocycles. The van der Waals surface area contributed by atoms with Gasteiger partial charge in [-0.25, -0.2) is 4.39 Å². The monoisotopic (exact) mass is 260 g/mol. The van der Waals surface area contributed by atoms with Crippen molar-refractivity contribution in [2.75, 3.05) is 11.9 Å². The maximum absolute atomic E-state index is 13.3. The second-order valence-corrected chi connectivity index (χ2v) is 4.22. The fraction of sp³-hybridized carbons (Fsp3) is 0.455. The van der Waals surface area contributed by atoms with E-state index >= 15 is 0 Å². The van der Waals surface area contributed by atoms with Gasteiger partial charge in [0.1, 0.15) is 11.5 Å². The number of nitro groups is 1. The predicted octanol–water partition coefficient (Wildman–Crippen LogP) is 2.30. The van der Waals surface area contributed by atoms with E-state index in [9.17, 15) is 18.9 Å². The van der Waals surface area contributed by atoms with E-state index in [0.717, 1.165) is 6.07 Å². The zero-order chi connectivity index (χ0) is 13.9. The molecule has 7 heteroatoms. The third kappa shape index (κ3) is 3.13. The Morgan fingerprint density at radius 3 is 2.50 bits per heavy atom. The van der Waals surface area contributed by atoms with Crippen LogP contribution in [0.1, 0.15) is 13.8 Å². The predicted molar refractivity (Wildman–Crippen MR) is 62.3 cm³/mol. The van der Waals surface area contributed by atoms with Crippen molar-refractivity contribution in [3.05, 3.63) is 33.9 Å². The molecular formula is C11H14F2N2O3. The maximum atomic E-state index is 13.3. The summed E-state index contributed by atoms with van der Waals surface area (Å²) in [7, 11) is 0. The van der Waals surface area contributed by atoms with E-state index < -0.39 is 28.3 Å². The molecule has 1 aromatic rings. The molecular weight excluding hydrogens is 246 g/mol. The molecule has 0 aliphatic carbocycles. The van der Waals surface area contributed by atoms with Gasteiger partial charge in [-0.2, -0.15) is 4.39 Å². The van der Waals surface area contributed by atoms with Crippen molar-refractivity contribution in [2.45, 2.75) is 19.9 Å². The van der Waals surface area contributed by atoms with Crippen molar-refractivity contribution in [3.63, 3.8) is 0 Å². The first-order valence-corrected chi connectivity index (χ1v) is 5.37. The lowest BCUT2D eigenvalue weighted by atomic mass is 10.0. The summed E-state index contributed by atoms with van der Waals surface area (Å²) in [4.78, 5) is 9.81. The number of rotatable bonds is 5. The van der Waals surface area contributed by atoms with Gasteiger partial charge in [0.25, 0.3) is 0 Å². The number of aliphatic hydroxyl groups excluding tert-OH is 1. The molecule has 0 aromatic heterocycles. The summed E-state index contributed by atoms with van der Waals surface area (Å²) in [5.74, 6) is -2.22. The molecule has 1 atom stereocenters. The lowest BCUT2D eigenvalue weighted by Gasteiger charge is -2.21. The van der Waals surface area contributed by atoms with Gasteiger partial charge in [-0.05, 0) is 5.92 Å². The van der Waals surface area contributed by atoms with Crippen molar-refractivity contribution >= 4 is 11.4 Å². The molecule has 0 unspecified atom stereocenters. The number of benzene rings is 1. The van der Waals surface area contributed by atoms with Crippen LogP contribution in [0.25, 0.3) is 0 Å². The highest BCUT2D eigenvalue weighted by molar-refractivity contribution is 5.62. The average Bonchev–Trinajstić information content (AvgIpc) is 2.23. The van der Waals surface area contributed by atoms with Gasteiger partial charge in [-0.15, -0.1) is 0 Å². The van der Waals surface area contributed by atoms with Crippen LogP contribution in [0, 0.1) is 27.7 Å². The number of anilines is 1. The molecule has 18 heavy (non-hydrogen) atoms. The largest absolute Gasteiger partial charge is 0.394 e. The lowest BCUT2D eigenvalue weighted by Crippen LogP contribution is -2.29. The standard InChI is InChI=1S/C11H14F2N2O3/c1-6(2)10(5-16)14-9-4-7(12)3-8(13)11(9)15(17)18/h3-4,6,10,14,16H,5H2,1-2H3/t10-/m1/s1. The Balaban J connectivity index is 3.18. The lowest BCUT2D eigenvalue weighted by molar-refractivity contribution is -0.386. The van der Waals surface area contributed by atoms with Crippen LogP contribution in [0.3, 0.4) is 0 Å². The van der Waals surface area contributed by atoms with Crippen LogP contribution in [-0.2, 0) is 0 Å². The Labute approximate surface area is 103 Å². The van der Waals surface area contributed by atoms with Gasteiger partial charge in [0.2, 0.25) is 5.82 Å². The third-order valence-electron chi connectivity index (χ3n) is 2.55. The molecule has 0 heterocycles. The van der Waals surface area contributed by atoms with Crippen molar-refractivity contribution in [3.8, 4) is 0 Å². The maximum Gasteiger partial charge on any atom is 0.327 e. The highest BCUT2D eigenvalue weighted by Gasteiger charge is 2.24. The normalized spacial score (nSPS) is 12.6. The van der Waals surface area contributed by atoms with Crippen molar-refractivity contribution in [1.82, 2.24) is 0 Å². The van der Waals surface area contributed by atoms with E-state index in [1.54, 1.807) is 13.8 Å². The molecule has 0 spiro atoms. The highest BCUT2D eigenvalue weighted by Crippen LogP contribution is 2.30. The minimum absolute atomic E-state index is 0.0547. The first-order valence-electron chi connectivity index (χ1n) is 5.37. The van der Waals surface area contributed by atoms with Gasteiger partial charge in [-0.3, -0.25) is 10.1 Å². The van der Waals surface area contributed by atoms with Crippen LogP contribution in [-0.4, -0.2) is 22.7 Å². The second kappa shape index (κ2) is 5.72. The number of aliphatic hydroxyl groups is 1. The number of halogens is 2. The number of hydrogen-bond donors (Lipinski definition) is 2. The van der Waals surface area contributed by atoms with Crippen LogP contribution in [0.4, 0.5) is 20.2 Å². The second-order valence-electron chi connectivity index (χ2n) is 4.22. The van der Waals surface area contributed by atoms with E-state index in [2.05, 4.69) is 5.32 Å². The Kier molecular flexibility index (Phi) is 4.55. The topological polar surface area (TPSA) is 75.4 Å². The summed E-state index contributed by atoms with van der Waals surface area (Å²) >= 11 is 0. The molecule has 1 rings (SSSR count). The van der Waals surface area contributed by atoms with Gasteiger partial charge < -0.3 is 10.4 Å². The minimum atomic E-state index is -1.25. The number of nitro benzene ring substituents is 1. The number of nitrogens with one attached hydrogen (secondary N) is 1. The Bertz CT molecular complexity index is 452. The van der Waals surface area contributed by atoms with Gasteiger partial charge in [0.05, 0.1) is 17.6 Å². The van der Waals surface area contributed by atoms with E-state index in [0.29, 0.717) is 6.07 Å². The zero-order valence-corrected chi connectivity index (χ0v) is 9.98. The van der Waals surface area contributed by atoms with Crippen molar-refractivity contribution in [2.24, 2.45) is 5.92 Å². The molecule has 0 aliphatic rings. The fourth-order valence-electron chi connectivity index (χ4n) is 1.48. The molecule has 2 N–H and O–H groups in total. The average molecular weight is 260 g/mol. The molecule has 100 valence electrons. The van der Waals surface area contributed by atoms with E-state index in [1.165, 1.54) is 0 Å². The van der Waals surface area contributed by atoms with E-state index in [-0.39, 0.29) is 18.2 Å². The van der Waals surface area contributed by atoms with Crippen LogP contribution < -0.4 is 5.32 Å². The van der Waals surface area contributed by atoms with Crippen LogP contribution >= 0.6 is 0 Å². The molecule has 0 aliphatic heterocycles. The molecule has 0 saturated heterocycles. The minimum Gasteiger partial charge on any atom is -0.394 e. The number of hydrogen-bond acceptors (Lipinski definition) is 4. The third-order valence-corrected chi connectivity index (χ3v) is 2.55. The molecule has 1 aromatic carbocycles. The Morgan fingerprint density at radius 1 is 1.44 bits per heavy atom. The van der Waals surface area contributed by atoms with Crippen LogP contribution in [0.5, 0.6) is 0 Å². The summed E-state index contributed by atoms with van der Waals surface area (Å²) in [6.45, 7) is 3.25. The van der Waals surface area contributed by atoms with Gasteiger partial charge in [0, 0.05) is 12.1 Å². The Hall–Kier alpha value is -1.76. The van der Waals surface area contributed by atoms with E-state index in [1.807, 2.05) is 0 Å². The number of nitrogens with zero attached hydrogens (tertiary/aromatic N) is 1. The zero-order valence-electron chi connectivity index (χ0n) is 9.98. The van der Waals surface area contributed by atoms with Gasteiger partial charge >= 0.3 is 5.69 Å². The quantitative estimate of drug-likeness (QED) is 0.629. The molecule has 5 nitrogen and oxygen atoms in total. The summed E-state index contributed by atoms with van der Waals surface area (Å²) in [6.07, 6.45) is 0. The summed E-state index contributed by atoms with van der Waals surface area (Å²) in [5, 5.41) is 22.4. The highest BCUT2D eigenvalue weighted by atomic mass is 19.1. The summed E-state index contributed by atoms with van der Waals surface area (Å²) in [6, 6.07) is 0.767. The van der Waals surface area contributed by atoms with Crippen molar-refractivity contribution < 1.29 is 18.8 Å². The van der Waals surface area contributed by atoms with Gasteiger partial charge in [0.15, 0.2) is 0 Å². The SMILES string of the molecule is CC(C)[C@@H](CO)Nc1cc(F)cc(F)c1[N+](=O)[O-]. The molecule has 0 fully saturated rings. The summed E-state index contributed by atoms with van der Waals surface area (Å²) < 4.78 is 26.4. The van der Waals surface area contributed by atoms with Gasteiger partial charge in [-0.1, -0.05) is 13.8 Å². The first kappa shape index (κ1) is 14.3. The van der Waals surface area contributed by atoms with Crippen molar-refractivity contribution in [1.29, 1.82) is 0 Å². The summed E-state index contributed by atoms with van der Waals surface area (Å²) in [5.41, 5.74) is -1.10. The fourth-order valence-corrected chi connectivity index (χ4v) is 1.48. The Morgan fingerprint density at radius 2 is 2.06 bits per heavy atom. The molecule has 0 radical (unpaired) electrons. The molecule has 0 bridgehead atoms.